The molecule has 1 heterocycles. The highest BCUT2D eigenvalue weighted by molar-refractivity contribution is 7.90. The van der Waals surface area contributed by atoms with Crippen molar-refractivity contribution in [1.29, 1.82) is 0 Å². The lowest BCUT2D eigenvalue weighted by Gasteiger charge is -2.12. The number of nitrogens with zero attached hydrogens (tertiary/aromatic N) is 1. The summed E-state index contributed by atoms with van der Waals surface area (Å²) in [5, 5.41) is 15.6. The van der Waals surface area contributed by atoms with Gasteiger partial charge >= 0.3 is 0 Å². The average Bonchev–Trinajstić information content (AvgIpc) is 3.11. The summed E-state index contributed by atoms with van der Waals surface area (Å²) in [5.74, 6) is 0.820. The number of nitrogens with two attached hydrogens (primary N) is 1. The normalized spacial score (nSPS) is 12.5. The number of anilines is 3. The van der Waals surface area contributed by atoms with Crippen molar-refractivity contribution in [3.8, 4) is 0 Å². The van der Waals surface area contributed by atoms with Gasteiger partial charge in [-0.25, -0.2) is 10.1 Å². The van der Waals surface area contributed by atoms with Crippen molar-refractivity contribution < 1.29 is 8.42 Å². The van der Waals surface area contributed by atoms with Gasteiger partial charge in [0.1, 0.15) is 5.82 Å². The first-order valence-electron chi connectivity index (χ1n) is 9.78. The Morgan fingerprint density at radius 3 is 2.55 bits per heavy atom. The van der Waals surface area contributed by atoms with E-state index in [2.05, 4.69) is 27.3 Å². The molecule has 0 spiro atoms. The van der Waals surface area contributed by atoms with E-state index >= 15 is 0 Å². The van der Waals surface area contributed by atoms with Gasteiger partial charge in [0.2, 0.25) is 0 Å². The third-order valence-electron chi connectivity index (χ3n) is 4.60. The molecule has 0 saturated carbocycles. The molecule has 0 amide bonds. The summed E-state index contributed by atoms with van der Waals surface area (Å²) in [6, 6.07) is 13.3. The molecule has 2 aromatic carbocycles. The summed E-state index contributed by atoms with van der Waals surface area (Å²) in [4.78, 5) is 4.66. The van der Waals surface area contributed by atoms with E-state index in [1.807, 2.05) is 42.6 Å². The summed E-state index contributed by atoms with van der Waals surface area (Å²) in [6.07, 6.45) is 1.66. The number of nitrogens with one attached hydrogen (secondary N) is 3. The van der Waals surface area contributed by atoms with E-state index in [-0.39, 0.29) is 6.04 Å². The molecule has 1 aromatic heterocycles. The second-order valence-electron chi connectivity index (χ2n) is 7.37. The van der Waals surface area contributed by atoms with Crippen LogP contribution in [0.1, 0.15) is 23.1 Å². The van der Waals surface area contributed by atoms with Crippen LogP contribution >= 0.6 is 22.9 Å². The van der Waals surface area contributed by atoms with Gasteiger partial charge in [-0.1, -0.05) is 29.8 Å². The van der Waals surface area contributed by atoms with Crippen molar-refractivity contribution >= 4 is 50.3 Å². The number of benzene rings is 2. The maximum Gasteiger partial charge on any atom is 0.296 e. The molecule has 1 unspecified atom stereocenters. The van der Waals surface area contributed by atoms with Crippen LogP contribution in [0.2, 0.25) is 5.02 Å². The van der Waals surface area contributed by atoms with Gasteiger partial charge in [-0.3, -0.25) is 4.72 Å². The van der Waals surface area contributed by atoms with Crippen LogP contribution in [-0.2, 0) is 23.1 Å². The van der Waals surface area contributed by atoms with Crippen molar-refractivity contribution in [2.75, 3.05) is 16.6 Å². The van der Waals surface area contributed by atoms with Gasteiger partial charge in [0.15, 0.2) is 0 Å². The number of hydrogen-bond acceptors (Lipinski definition) is 6. The highest BCUT2D eigenvalue weighted by Gasteiger charge is 2.09. The van der Waals surface area contributed by atoms with Crippen LogP contribution in [0.4, 0.5) is 17.2 Å². The van der Waals surface area contributed by atoms with E-state index in [1.165, 1.54) is 0 Å². The smallest absolute Gasteiger partial charge is 0.296 e. The number of thiazole rings is 1. The summed E-state index contributed by atoms with van der Waals surface area (Å²) in [5.41, 5.74) is 3.52. The first-order valence-corrected chi connectivity index (χ1v) is 12.6. The van der Waals surface area contributed by atoms with Gasteiger partial charge in [-0.05, 0) is 62.2 Å². The third kappa shape index (κ3) is 7.79. The number of rotatable bonds is 10. The lowest BCUT2D eigenvalue weighted by molar-refractivity contribution is 0.547. The molecule has 0 aliphatic rings. The van der Waals surface area contributed by atoms with Crippen LogP contribution in [0.25, 0.3) is 0 Å². The molecule has 0 radical (unpaired) electrons. The fourth-order valence-corrected chi connectivity index (χ4v) is 4.48. The molecule has 7 nitrogen and oxygen atoms in total. The van der Waals surface area contributed by atoms with Gasteiger partial charge in [-0.15, -0.1) is 11.3 Å². The van der Waals surface area contributed by atoms with Gasteiger partial charge in [0, 0.05) is 34.2 Å². The lowest BCUT2D eigenvalue weighted by Crippen LogP contribution is -2.30. The Morgan fingerprint density at radius 1 is 1.16 bits per heavy atom. The summed E-state index contributed by atoms with van der Waals surface area (Å²) >= 11 is 7.81. The van der Waals surface area contributed by atoms with Crippen molar-refractivity contribution in [2.24, 2.45) is 5.14 Å². The minimum atomic E-state index is -3.75. The van der Waals surface area contributed by atoms with E-state index in [1.54, 1.807) is 23.5 Å². The molecule has 0 aliphatic carbocycles. The Bertz CT molecular complexity index is 1120. The van der Waals surface area contributed by atoms with E-state index in [9.17, 15) is 8.42 Å². The Hall–Kier alpha value is -2.17. The molecule has 5 N–H and O–H groups in total. The number of aryl methyl sites for hydroxylation is 1. The zero-order valence-corrected chi connectivity index (χ0v) is 19.7. The van der Waals surface area contributed by atoms with E-state index < -0.39 is 10.2 Å². The predicted octanol–water partition coefficient (Wildman–Crippen LogP) is 4.23. The molecule has 31 heavy (non-hydrogen) atoms. The van der Waals surface area contributed by atoms with Crippen LogP contribution < -0.4 is 20.5 Å². The monoisotopic (exact) mass is 479 g/mol. The number of halogens is 1. The highest BCUT2D eigenvalue weighted by Crippen LogP contribution is 2.24. The first-order chi connectivity index (χ1) is 14.7. The maximum atomic E-state index is 11.0. The minimum Gasteiger partial charge on any atom is -0.339 e. The molecule has 0 saturated heterocycles. The van der Waals surface area contributed by atoms with Crippen molar-refractivity contribution in [3.63, 3.8) is 0 Å². The Morgan fingerprint density at radius 2 is 1.87 bits per heavy atom. The molecular formula is C21H26ClN5O2S2. The summed E-state index contributed by atoms with van der Waals surface area (Å²) < 4.78 is 24.3. The van der Waals surface area contributed by atoms with Crippen LogP contribution in [0, 0.1) is 6.92 Å². The standard InChI is InChI=1S/C21H26ClN5O2S2/c1-14-3-6-18(12-19(14)22)25-20-13-30-21(26-20)11-15(2)24-10-9-16-4-7-17(8-5-16)27-31(23,28)29/h3-8,12-13,15,24-25,27H,9-11H2,1-2H3,(H2,23,28,29). The second-order valence-corrected chi connectivity index (χ2v) is 10.0. The minimum absolute atomic E-state index is 0.274. The number of aromatic nitrogens is 1. The van der Waals surface area contributed by atoms with Gasteiger partial charge in [0.05, 0.1) is 5.01 Å². The fraction of sp³-hybridized carbons (Fsp3) is 0.286. The van der Waals surface area contributed by atoms with Crippen molar-refractivity contribution in [3.05, 3.63) is 69.0 Å². The van der Waals surface area contributed by atoms with Gasteiger partial charge in [0.25, 0.3) is 10.2 Å². The maximum absolute atomic E-state index is 11.0. The van der Waals surface area contributed by atoms with Crippen LogP contribution in [0.3, 0.4) is 0 Å². The van der Waals surface area contributed by atoms with E-state index in [0.29, 0.717) is 5.69 Å². The third-order valence-corrected chi connectivity index (χ3v) is 6.40. The molecular weight excluding hydrogens is 454 g/mol. The lowest BCUT2D eigenvalue weighted by atomic mass is 10.1. The largest absolute Gasteiger partial charge is 0.339 e. The highest BCUT2D eigenvalue weighted by atomic mass is 35.5. The first kappa shape index (κ1) is 23.5. The molecule has 3 aromatic rings. The zero-order chi connectivity index (χ0) is 22.4. The number of hydrogen-bond donors (Lipinski definition) is 4. The Labute approximate surface area is 192 Å². The SMILES string of the molecule is Cc1ccc(Nc2csc(CC(C)NCCc3ccc(NS(N)(=O)=O)cc3)n2)cc1Cl. The van der Waals surface area contributed by atoms with Gasteiger partial charge < -0.3 is 10.6 Å². The topological polar surface area (TPSA) is 109 Å². The van der Waals surface area contributed by atoms with Crippen molar-refractivity contribution in [2.45, 2.75) is 32.7 Å². The Balaban J connectivity index is 1.43. The van der Waals surface area contributed by atoms with Crippen molar-refractivity contribution in [1.82, 2.24) is 10.3 Å². The quantitative estimate of drug-likeness (QED) is 0.348. The molecule has 3 rings (SSSR count). The molecule has 0 aliphatic heterocycles. The second kappa shape index (κ2) is 10.4. The molecule has 0 bridgehead atoms. The average molecular weight is 480 g/mol. The van der Waals surface area contributed by atoms with E-state index in [4.69, 9.17) is 16.7 Å². The molecule has 10 heteroatoms. The summed E-state index contributed by atoms with van der Waals surface area (Å²) in [7, 11) is -3.75. The van der Waals surface area contributed by atoms with Crippen LogP contribution in [-0.4, -0.2) is 26.0 Å². The molecule has 0 fully saturated rings. The molecule has 1 atom stereocenters. The van der Waals surface area contributed by atoms with Gasteiger partial charge in [-0.2, -0.15) is 8.42 Å². The fourth-order valence-electron chi connectivity index (χ4n) is 2.98. The summed E-state index contributed by atoms with van der Waals surface area (Å²) in [6.45, 7) is 4.91. The van der Waals surface area contributed by atoms with E-state index in [0.717, 1.165) is 52.0 Å². The van der Waals surface area contributed by atoms with Crippen LogP contribution in [0.5, 0.6) is 0 Å². The predicted molar refractivity (Wildman–Crippen MR) is 130 cm³/mol. The Kier molecular flexibility index (Phi) is 7.90. The molecule has 166 valence electrons. The zero-order valence-electron chi connectivity index (χ0n) is 17.4. The van der Waals surface area contributed by atoms with Crippen LogP contribution in [0.15, 0.2) is 47.8 Å².